The molecule has 4 atom stereocenters. The van der Waals surface area contributed by atoms with Gasteiger partial charge in [0.25, 0.3) is 0 Å². The van der Waals surface area contributed by atoms with Gasteiger partial charge in [0.05, 0.1) is 0 Å². The fourth-order valence-corrected chi connectivity index (χ4v) is 2.89. The third-order valence-corrected chi connectivity index (χ3v) is 5.46. The molecule has 7 nitrogen and oxygen atoms in total. The molecule has 0 rings (SSSR count). The number of nitrogens with one attached hydrogen (secondary N) is 2. The van der Waals surface area contributed by atoms with E-state index < -0.39 is 11.5 Å². The van der Waals surface area contributed by atoms with Crippen molar-refractivity contribution in [1.82, 2.24) is 10.6 Å². The molecule has 0 aliphatic rings. The molecule has 0 spiro atoms. The topological polar surface area (TPSA) is 125 Å². The Kier molecular flexibility index (Phi) is 12.6. The molecule has 0 aromatic carbocycles. The second-order valence-corrected chi connectivity index (χ2v) is 7.71. The number of carboxylic acid groups (broad SMARTS) is 1. The number of nitrogens with two attached hydrogens (primary N) is 1. The Labute approximate surface area is 168 Å². The molecule has 8 heteroatoms. The molecule has 0 aliphatic carbocycles. The third-order valence-electron chi connectivity index (χ3n) is 4.99. The first kappa shape index (κ1) is 25.9. The molecule has 0 saturated heterocycles. The normalized spacial score (nSPS) is 17.5. The van der Waals surface area contributed by atoms with E-state index in [2.05, 4.69) is 37.1 Å². The lowest BCUT2D eigenvalue weighted by Gasteiger charge is -2.33. The van der Waals surface area contributed by atoms with E-state index in [1.807, 2.05) is 6.08 Å². The maximum atomic E-state index is 12.3. The standard InChI is InChI=1S/C19H37N3O4S/c1-5-14(4)16(21-11-15(20)12-27)7-6-8-17(24)22-19(9-10-23,13(2)3)18(25)26/h6-7,13-16,21,23,27H,5,8-12,20H2,1-4H3,(H,22,24)(H,25,26)/b7-6+/t14?,15-,16-,19-/m1/s1. The minimum atomic E-state index is -1.46. The smallest absolute Gasteiger partial charge is 0.329 e. The van der Waals surface area contributed by atoms with Crippen LogP contribution in [0.5, 0.6) is 0 Å². The van der Waals surface area contributed by atoms with Crippen molar-refractivity contribution in [3.05, 3.63) is 12.2 Å². The Balaban J connectivity index is 4.96. The fourth-order valence-electron chi connectivity index (χ4n) is 2.77. The van der Waals surface area contributed by atoms with E-state index in [-0.39, 0.29) is 43.4 Å². The molecular formula is C19H37N3O4S. The summed E-state index contributed by atoms with van der Waals surface area (Å²) in [5.74, 6) is -0.926. The van der Waals surface area contributed by atoms with Crippen LogP contribution in [0.2, 0.25) is 0 Å². The van der Waals surface area contributed by atoms with Gasteiger partial charge in [-0.15, -0.1) is 0 Å². The van der Waals surface area contributed by atoms with E-state index in [9.17, 15) is 19.8 Å². The van der Waals surface area contributed by atoms with Crippen molar-refractivity contribution in [2.24, 2.45) is 17.6 Å². The van der Waals surface area contributed by atoms with Crippen LogP contribution in [-0.4, -0.2) is 58.6 Å². The minimum Gasteiger partial charge on any atom is -0.479 e. The molecule has 0 radical (unpaired) electrons. The molecule has 0 aliphatic heterocycles. The van der Waals surface area contributed by atoms with Gasteiger partial charge >= 0.3 is 5.97 Å². The Bertz CT molecular complexity index is 488. The lowest BCUT2D eigenvalue weighted by molar-refractivity contribution is -0.150. The number of carboxylic acids is 1. The summed E-state index contributed by atoms with van der Waals surface area (Å²) >= 11 is 4.18. The highest BCUT2D eigenvalue weighted by atomic mass is 32.1. The van der Waals surface area contributed by atoms with E-state index in [1.54, 1.807) is 19.9 Å². The van der Waals surface area contributed by atoms with Crippen LogP contribution in [0.1, 0.15) is 47.0 Å². The Morgan fingerprint density at radius 2 is 1.93 bits per heavy atom. The SMILES string of the molecule is CCC(C)[C@@H](/C=C/CC(=O)N[C@@](CCO)(C(=O)O)C(C)C)NC[C@@H](N)CS. The quantitative estimate of drug-likeness (QED) is 0.191. The molecule has 27 heavy (non-hydrogen) atoms. The largest absolute Gasteiger partial charge is 0.479 e. The summed E-state index contributed by atoms with van der Waals surface area (Å²) in [5.41, 5.74) is 4.43. The number of carbonyl (C=O) groups excluding carboxylic acids is 1. The number of aliphatic hydroxyl groups excluding tert-OH is 1. The maximum Gasteiger partial charge on any atom is 0.329 e. The zero-order chi connectivity index (χ0) is 21.0. The predicted octanol–water partition coefficient (Wildman–Crippen LogP) is 1.17. The van der Waals surface area contributed by atoms with E-state index in [0.717, 1.165) is 6.42 Å². The summed E-state index contributed by atoms with van der Waals surface area (Å²) in [7, 11) is 0. The molecule has 0 aromatic heterocycles. The number of hydrogen-bond donors (Lipinski definition) is 6. The molecule has 0 fully saturated rings. The van der Waals surface area contributed by atoms with Crippen LogP contribution >= 0.6 is 12.6 Å². The first-order valence-electron chi connectivity index (χ1n) is 9.56. The maximum absolute atomic E-state index is 12.3. The van der Waals surface area contributed by atoms with Gasteiger partial charge in [0.2, 0.25) is 5.91 Å². The van der Waals surface area contributed by atoms with Gasteiger partial charge in [-0.1, -0.05) is 46.3 Å². The first-order valence-corrected chi connectivity index (χ1v) is 10.2. The highest BCUT2D eigenvalue weighted by Crippen LogP contribution is 2.22. The van der Waals surface area contributed by atoms with Gasteiger partial charge in [-0.3, -0.25) is 4.79 Å². The highest BCUT2D eigenvalue weighted by Gasteiger charge is 2.42. The van der Waals surface area contributed by atoms with Crippen molar-refractivity contribution in [3.8, 4) is 0 Å². The third kappa shape index (κ3) is 8.64. The molecule has 0 heterocycles. The second kappa shape index (κ2) is 13.1. The van der Waals surface area contributed by atoms with Crippen molar-refractivity contribution in [2.75, 3.05) is 18.9 Å². The van der Waals surface area contributed by atoms with Crippen LogP contribution in [0.25, 0.3) is 0 Å². The monoisotopic (exact) mass is 403 g/mol. The Morgan fingerprint density at radius 1 is 1.30 bits per heavy atom. The van der Waals surface area contributed by atoms with Gasteiger partial charge in [0, 0.05) is 43.8 Å². The summed E-state index contributed by atoms with van der Waals surface area (Å²) in [6.45, 7) is 7.95. The summed E-state index contributed by atoms with van der Waals surface area (Å²) in [5, 5.41) is 24.8. The summed E-state index contributed by atoms with van der Waals surface area (Å²) < 4.78 is 0. The number of aliphatic carboxylic acids is 1. The van der Waals surface area contributed by atoms with Gasteiger partial charge in [0.15, 0.2) is 0 Å². The van der Waals surface area contributed by atoms with Crippen LogP contribution in [0.4, 0.5) is 0 Å². The van der Waals surface area contributed by atoms with E-state index >= 15 is 0 Å². The Hall–Kier alpha value is -1.09. The number of rotatable bonds is 14. The van der Waals surface area contributed by atoms with Crippen LogP contribution in [0.3, 0.4) is 0 Å². The predicted molar refractivity (Wildman–Crippen MR) is 112 cm³/mol. The van der Waals surface area contributed by atoms with Gasteiger partial charge in [-0.25, -0.2) is 4.79 Å². The van der Waals surface area contributed by atoms with Crippen molar-refractivity contribution < 1.29 is 19.8 Å². The van der Waals surface area contributed by atoms with Crippen LogP contribution in [0, 0.1) is 11.8 Å². The van der Waals surface area contributed by atoms with Crippen molar-refractivity contribution in [3.63, 3.8) is 0 Å². The van der Waals surface area contributed by atoms with Crippen molar-refractivity contribution in [2.45, 2.75) is 64.6 Å². The lowest BCUT2D eigenvalue weighted by atomic mass is 9.83. The zero-order valence-corrected chi connectivity index (χ0v) is 17.8. The van der Waals surface area contributed by atoms with Crippen LogP contribution < -0.4 is 16.4 Å². The summed E-state index contributed by atoms with van der Waals surface area (Å²) in [6, 6.07) is 0.0257. The molecule has 6 N–H and O–H groups in total. The summed E-state index contributed by atoms with van der Waals surface area (Å²) in [4.78, 5) is 24.0. The molecule has 0 bridgehead atoms. The first-order chi connectivity index (χ1) is 12.6. The minimum absolute atomic E-state index is 0.0336. The molecule has 1 amide bonds. The van der Waals surface area contributed by atoms with Gasteiger partial charge < -0.3 is 26.6 Å². The number of aliphatic hydroxyl groups is 1. The molecule has 0 aromatic rings. The van der Waals surface area contributed by atoms with Gasteiger partial charge in [0.1, 0.15) is 5.54 Å². The number of carbonyl (C=O) groups is 2. The van der Waals surface area contributed by atoms with Crippen molar-refractivity contribution in [1.29, 1.82) is 0 Å². The summed E-state index contributed by atoms with van der Waals surface area (Å²) in [6.07, 6.45) is 4.69. The van der Waals surface area contributed by atoms with E-state index in [4.69, 9.17) is 5.73 Å². The van der Waals surface area contributed by atoms with Crippen molar-refractivity contribution >= 4 is 24.5 Å². The second-order valence-electron chi connectivity index (χ2n) is 7.35. The number of hydrogen-bond acceptors (Lipinski definition) is 6. The van der Waals surface area contributed by atoms with E-state index in [1.165, 1.54) is 0 Å². The number of thiol groups is 1. The number of amides is 1. The zero-order valence-electron chi connectivity index (χ0n) is 16.9. The molecule has 1 unspecified atom stereocenters. The highest BCUT2D eigenvalue weighted by molar-refractivity contribution is 7.80. The van der Waals surface area contributed by atoms with Crippen LogP contribution in [0.15, 0.2) is 12.2 Å². The average Bonchev–Trinajstić information content (AvgIpc) is 2.62. The lowest BCUT2D eigenvalue weighted by Crippen LogP contribution is -2.58. The fraction of sp³-hybridized carbons (Fsp3) is 0.789. The van der Waals surface area contributed by atoms with Gasteiger partial charge in [-0.05, 0) is 11.8 Å². The van der Waals surface area contributed by atoms with Gasteiger partial charge in [-0.2, -0.15) is 12.6 Å². The van der Waals surface area contributed by atoms with E-state index in [0.29, 0.717) is 18.2 Å². The molecular weight excluding hydrogens is 366 g/mol. The average molecular weight is 404 g/mol. The molecule has 0 saturated carbocycles. The van der Waals surface area contributed by atoms with Crippen LogP contribution in [-0.2, 0) is 9.59 Å². The Morgan fingerprint density at radius 3 is 2.37 bits per heavy atom. The molecule has 158 valence electrons.